The Morgan fingerprint density at radius 1 is 1.18 bits per heavy atom. The van der Waals surface area contributed by atoms with E-state index in [9.17, 15) is 4.79 Å². The highest BCUT2D eigenvalue weighted by Gasteiger charge is 2.41. The SMILES string of the molecule is O=C1C2CCN(CC2)[C@@H]1COc1ccccc1. The van der Waals surface area contributed by atoms with E-state index in [0.29, 0.717) is 18.3 Å². The maximum atomic E-state index is 12.1. The molecule has 1 aromatic carbocycles. The summed E-state index contributed by atoms with van der Waals surface area (Å²) in [7, 11) is 0. The standard InChI is InChI=1S/C14H17NO2/c16-14-11-6-8-15(9-7-11)13(14)10-17-12-4-2-1-3-5-12/h1-5,11,13H,6-10H2/t13-/m1/s1. The Labute approximate surface area is 101 Å². The van der Waals surface area contributed by atoms with Crippen LogP contribution in [0.1, 0.15) is 12.8 Å². The van der Waals surface area contributed by atoms with Gasteiger partial charge in [0.05, 0.1) is 0 Å². The van der Waals surface area contributed by atoms with Gasteiger partial charge in [-0.3, -0.25) is 9.69 Å². The number of Topliss-reactive ketones (excluding diaryl/α,β-unsaturated/α-hetero) is 1. The molecule has 0 saturated carbocycles. The predicted molar refractivity (Wildman–Crippen MR) is 65.0 cm³/mol. The molecule has 90 valence electrons. The summed E-state index contributed by atoms with van der Waals surface area (Å²) in [6.45, 7) is 2.61. The molecule has 0 spiro atoms. The maximum Gasteiger partial charge on any atom is 0.156 e. The quantitative estimate of drug-likeness (QED) is 0.793. The molecule has 1 atom stereocenters. The summed E-state index contributed by atoms with van der Waals surface area (Å²) in [6.07, 6.45) is 2.08. The third-order valence-corrected chi connectivity index (χ3v) is 3.85. The van der Waals surface area contributed by atoms with Crippen LogP contribution in [0.2, 0.25) is 0 Å². The summed E-state index contributed by atoms with van der Waals surface area (Å²) in [5, 5.41) is 0. The van der Waals surface area contributed by atoms with Gasteiger partial charge in [0.15, 0.2) is 5.78 Å². The van der Waals surface area contributed by atoms with Crippen molar-refractivity contribution < 1.29 is 9.53 Å². The molecule has 3 heterocycles. The van der Waals surface area contributed by atoms with Gasteiger partial charge < -0.3 is 4.74 Å². The van der Waals surface area contributed by atoms with Crippen molar-refractivity contribution in [1.82, 2.24) is 4.90 Å². The first-order valence-corrected chi connectivity index (χ1v) is 6.30. The van der Waals surface area contributed by atoms with Gasteiger partial charge in [0.1, 0.15) is 18.4 Å². The Morgan fingerprint density at radius 2 is 1.88 bits per heavy atom. The number of hydrogen-bond donors (Lipinski definition) is 0. The molecule has 3 aliphatic rings. The van der Waals surface area contributed by atoms with E-state index < -0.39 is 0 Å². The Kier molecular flexibility index (Phi) is 2.85. The number of benzene rings is 1. The van der Waals surface area contributed by atoms with E-state index in [1.165, 1.54) is 0 Å². The molecule has 3 nitrogen and oxygen atoms in total. The van der Waals surface area contributed by atoms with Crippen LogP contribution in [0, 0.1) is 5.92 Å². The zero-order valence-electron chi connectivity index (χ0n) is 9.84. The van der Waals surface area contributed by atoms with Crippen LogP contribution in [0.5, 0.6) is 5.75 Å². The third kappa shape index (κ3) is 2.07. The van der Waals surface area contributed by atoms with Crippen LogP contribution in [0.25, 0.3) is 0 Å². The van der Waals surface area contributed by atoms with Crippen LogP contribution in [-0.4, -0.2) is 36.4 Å². The van der Waals surface area contributed by atoms with Crippen LogP contribution in [-0.2, 0) is 4.79 Å². The second kappa shape index (κ2) is 4.49. The fourth-order valence-electron chi connectivity index (χ4n) is 2.83. The number of hydrogen-bond acceptors (Lipinski definition) is 3. The Morgan fingerprint density at radius 3 is 2.53 bits per heavy atom. The number of para-hydroxylation sites is 1. The molecule has 17 heavy (non-hydrogen) atoms. The lowest BCUT2D eigenvalue weighted by molar-refractivity contribution is -0.138. The molecule has 0 amide bonds. The molecule has 0 unspecified atom stereocenters. The topological polar surface area (TPSA) is 29.5 Å². The molecular formula is C14H17NO2. The van der Waals surface area contributed by atoms with Crippen LogP contribution in [0.15, 0.2) is 30.3 Å². The molecule has 3 heteroatoms. The molecule has 0 aliphatic carbocycles. The fourth-order valence-corrected chi connectivity index (χ4v) is 2.83. The van der Waals surface area contributed by atoms with Gasteiger partial charge in [-0.2, -0.15) is 0 Å². The molecule has 3 aliphatic heterocycles. The fraction of sp³-hybridized carbons (Fsp3) is 0.500. The number of nitrogens with zero attached hydrogens (tertiary/aromatic N) is 1. The Balaban J connectivity index is 1.64. The first-order chi connectivity index (χ1) is 8.34. The van der Waals surface area contributed by atoms with Gasteiger partial charge in [0, 0.05) is 5.92 Å². The number of fused-ring (bicyclic) bond motifs is 3. The van der Waals surface area contributed by atoms with Gasteiger partial charge in [-0.05, 0) is 38.1 Å². The average molecular weight is 231 g/mol. The van der Waals surface area contributed by atoms with E-state index in [0.717, 1.165) is 31.7 Å². The summed E-state index contributed by atoms with van der Waals surface area (Å²) < 4.78 is 5.71. The molecule has 3 saturated heterocycles. The van der Waals surface area contributed by atoms with Crippen molar-refractivity contribution in [1.29, 1.82) is 0 Å². The molecule has 3 fully saturated rings. The van der Waals surface area contributed by atoms with Crippen molar-refractivity contribution in [2.45, 2.75) is 18.9 Å². The summed E-state index contributed by atoms with van der Waals surface area (Å²) in [5.41, 5.74) is 0. The van der Waals surface area contributed by atoms with E-state index in [1.807, 2.05) is 30.3 Å². The molecule has 1 aromatic rings. The molecule has 0 N–H and O–H groups in total. The normalized spacial score (nSPS) is 31.5. The number of piperidine rings is 3. The lowest BCUT2D eigenvalue weighted by Crippen LogP contribution is -2.57. The van der Waals surface area contributed by atoms with Crippen LogP contribution >= 0.6 is 0 Å². The molecule has 4 rings (SSSR count). The third-order valence-electron chi connectivity index (χ3n) is 3.85. The van der Waals surface area contributed by atoms with Gasteiger partial charge in [0.2, 0.25) is 0 Å². The van der Waals surface area contributed by atoms with Gasteiger partial charge in [-0.15, -0.1) is 0 Å². The van der Waals surface area contributed by atoms with Crippen LogP contribution in [0.4, 0.5) is 0 Å². The smallest absolute Gasteiger partial charge is 0.156 e. The van der Waals surface area contributed by atoms with Crippen LogP contribution in [0.3, 0.4) is 0 Å². The Hall–Kier alpha value is -1.35. The van der Waals surface area contributed by atoms with Crippen molar-refractivity contribution in [2.75, 3.05) is 19.7 Å². The minimum Gasteiger partial charge on any atom is -0.491 e. The van der Waals surface area contributed by atoms with Crippen molar-refractivity contribution in [2.24, 2.45) is 5.92 Å². The number of ketones is 1. The summed E-state index contributed by atoms with van der Waals surface area (Å²) in [5.74, 6) is 1.53. The predicted octanol–water partition coefficient (Wildman–Crippen LogP) is 1.73. The Bertz CT molecular complexity index is 396. The minimum absolute atomic E-state index is 0.0114. The van der Waals surface area contributed by atoms with E-state index >= 15 is 0 Å². The molecule has 0 radical (unpaired) electrons. The molecule has 2 bridgehead atoms. The first-order valence-electron chi connectivity index (χ1n) is 6.30. The highest BCUT2D eigenvalue weighted by Crippen LogP contribution is 2.29. The van der Waals surface area contributed by atoms with E-state index in [2.05, 4.69) is 4.90 Å². The summed E-state index contributed by atoms with van der Waals surface area (Å²) in [4.78, 5) is 14.4. The van der Waals surface area contributed by atoms with Gasteiger partial charge in [0.25, 0.3) is 0 Å². The van der Waals surface area contributed by atoms with Crippen molar-refractivity contribution in [3.8, 4) is 5.75 Å². The van der Waals surface area contributed by atoms with Gasteiger partial charge in [-0.25, -0.2) is 0 Å². The van der Waals surface area contributed by atoms with Crippen LogP contribution < -0.4 is 4.74 Å². The summed E-state index contributed by atoms with van der Waals surface area (Å²) >= 11 is 0. The lowest BCUT2D eigenvalue weighted by Gasteiger charge is -2.43. The molecular weight excluding hydrogens is 214 g/mol. The zero-order valence-corrected chi connectivity index (χ0v) is 9.84. The number of rotatable bonds is 3. The second-order valence-electron chi connectivity index (χ2n) is 4.85. The lowest BCUT2D eigenvalue weighted by atomic mass is 9.82. The van der Waals surface area contributed by atoms with Crippen molar-refractivity contribution in [3.05, 3.63) is 30.3 Å². The highest BCUT2D eigenvalue weighted by molar-refractivity contribution is 5.88. The van der Waals surface area contributed by atoms with E-state index in [-0.39, 0.29) is 6.04 Å². The maximum absolute atomic E-state index is 12.1. The highest BCUT2D eigenvalue weighted by atomic mass is 16.5. The zero-order chi connectivity index (χ0) is 11.7. The van der Waals surface area contributed by atoms with Crippen molar-refractivity contribution in [3.63, 3.8) is 0 Å². The van der Waals surface area contributed by atoms with Gasteiger partial charge in [-0.1, -0.05) is 18.2 Å². The van der Waals surface area contributed by atoms with Gasteiger partial charge >= 0.3 is 0 Å². The minimum atomic E-state index is -0.0114. The largest absolute Gasteiger partial charge is 0.491 e. The van der Waals surface area contributed by atoms with Crippen molar-refractivity contribution >= 4 is 5.78 Å². The second-order valence-corrected chi connectivity index (χ2v) is 4.85. The number of carbonyl (C=O) groups is 1. The average Bonchev–Trinajstić information content (AvgIpc) is 2.40. The summed E-state index contributed by atoms with van der Waals surface area (Å²) in [6, 6.07) is 9.71. The van der Waals surface area contributed by atoms with E-state index in [4.69, 9.17) is 4.74 Å². The number of ether oxygens (including phenoxy) is 1. The first kappa shape index (κ1) is 10.8. The monoisotopic (exact) mass is 231 g/mol. The number of carbonyl (C=O) groups excluding carboxylic acids is 1. The van der Waals surface area contributed by atoms with E-state index in [1.54, 1.807) is 0 Å². The molecule has 0 aromatic heterocycles.